The second kappa shape index (κ2) is 7.28. The van der Waals surface area contributed by atoms with Gasteiger partial charge in [0.05, 0.1) is 17.9 Å². The van der Waals surface area contributed by atoms with Crippen LogP contribution in [0.15, 0.2) is 24.3 Å². The van der Waals surface area contributed by atoms with Crippen molar-refractivity contribution in [2.24, 2.45) is 23.7 Å². The summed E-state index contributed by atoms with van der Waals surface area (Å²) in [6.45, 7) is 5.59. The van der Waals surface area contributed by atoms with Crippen LogP contribution in [0.25, 0.3) is 0 Å². The number of aryl methyl sites for hydroxylation is 2. The molecule has 5 unspecified atom stereocenters. The molecule has 2 bridgehead atoms. The van der Waals surface area contributed by atoms with E-state index in [4.69, 9.17) is 0 Å². The number of halogens is 1. The summed E-state index contributed by atoms with van der Waals surface area (Å²) in [4.78, 5) is 38.8. The number of benzene rings is 1. The van der Waals surface area contributed by atoms with E-state index in [0.717, 1.165) is 12.0 Å². The van der Waals surface area contributed by atoms with E-state index in [1.165, 1.54) is 4.90 Å². The molecule has 1 heterocycles. The van der Waals surface area contributed by atoms with Crippen LogP contribution in [0.4, 0.5) is 9.18 Å². The summed E-state index contributed by atoms with van der Waals surface area (Å²) < 4.78 is 13.8. The third-order valence-electron chi connectivity index (χ3n) is 6.49. The molecule has 1 aromatic rings. The summed E-state index contributed by atoms with van der Waals surface area (Å²) in [6.07, 6.45) is 5.03. The molecule has 0 radical (unpaired) electrons. The Hall–Kier alpha value is -2.70. The van der Waals surface area contributed by atoms with Gasteiger partial charge < -0.3 is 10.6 Å². The summed E-state index contributed by atoms with van der Waals surface area (Å²) in [5.74, 6) is -0.502. The van der Waals surface area contributed by atoms with Crippen molar-refractivity contribution in [1.29, 1.82) is 0 Å². The largest absolute Gasteiger partial charge is 0.336 e. The zero-order valence-corrected chi connectivity index (χ0v) is 16.9. The quantitative estimate of drug-likeness (QED) is 0.590. The number of hydrogen-bond donors (Lipinski definition) is 2. The number of likely N-dealkylation sites (tertiary alicyclic amines) is 1. The minimum absolute atomic E-state index is 0.107. The molecular formula is C22H26FN3O3. The van der Waals surface area contributed by atoms with E-state index in [9.17, 15) is 18.8 Å². The van der Waals surface area contributed by atoms with Crippen molar-refractivity contribution in [2.75, 3.05) is 13.1 Å². The molecule has 4 rings (SSSR count). The Balaban J connectivity index is 1.28. The first-order valence-corrected chi connectivity index (χ1v) is 10.1. The van der Waals surface area contributed by atoms with Crippen molar-refractivity contribution < 1.29 is 18.8 Å². The van der Waals surface area contributed by atoms with Crippen molar-refractivity contribution in [3.05, 3.63) is 46.8 Å². The van der Waals surface area contributed by atoms with Gasteiger partial charge in [-0.05, 0) is 55.7 Å². The zero-order chi connectivity index (χ0) is 20.9. The zero-order valence-electron chi connectivity index (χ0n) is 16.9. The molecule has 1 saturated heterocycles. The van der Waals surface area contributed by atoms with Crippen molar-refractivity contribution >= 4 is 17.8 Å². The fourth-order valence-corrected chi connectivity index (χ4v) is 5.03. The van der Waals surface area contributed by atoms with Crippen molar-refractivity contribution in [3.63, 3.8) is 0 Å². The first-order chi connectivity index (χ1) is 13.8. The van der Waals surface area contributed by atoms with Gasteiger partial charge in [0, 0.05) is 13.1 Å². The van der Waals surface area contributed by atoms with E-state index in [2.05, 4.69) is 22.8 Å². The van der Waals surface area contributed by atoms with Crippen LogP contribution in [-0.4, -0.2) is 35.8 Å². The van der Waals surface area contributed by atoms with Gasteiger partial charge in [-0.1, -0.05) is 24.3 Å². The van der Waals surface area contributed by atoms with Gasteiger partial charge in [0.15, 0.2) is 0 Å². The summed E-state index contributed by atoms with van der Waals surface area (Å²) in [5.41, 5.74) is 1.89. The van der Waals surface area contributed by atoms with Crippen LogP contribution in [0.5, 0.6) is 0 Å². The highest BCUT2D eigenvalue weighted by atomic mass is 19.1. The van der Waals surface area contributed by atoms with E-state index in [-0.39, 0.29) is 60.4 Å². The molecule has 2 fully saturated rings. The number of allylic oxidation sites excluding steroid dienone is 2. The summed E-state index contributed by atoms with van der Waals surface area (Å²) in [7, 11) is 0. The van der Waals surface area contributed by atoms with Crippen LogP contribution in [0, 0.1) is 43.3 Å². The van der Waals surface area contributed by atoms with E-state index < -0.39 is 6.03 Å². The van der Waals surface area contributed by atoms with Crippen molar-refractivity contribution in [3.8, 4) is 0 Å². The van der Waals surface area contributed by atoms with E-state index >= 15 is 0 Å². The smallest absolute Gasteiger partial charge is 0.315 e. The summed E-state index contributed by atoms with van der Waals surface area (Å²) in [5, 5.41) is 5.52. The molecule has 1 aliphatic heterocycles. The van der Waals surface area contributed by atoms with Gasteiger partial charge in [0.1, 0.15) is 5.82 Å². The molecule has 154 valence electrons. The van der Waals surface area contributed by atoms with E-state index in [0.29, 0.717) is 11.1 Å². The van der Waals surface area contributed by atoms with Gasteiger partial charge in [0.2, 0.25) is 11.8 Å². The van der Waals surface area contributed by atoms with E-state index in [1.807, 2.05) is 6.92 Å². The lowest BCUT2D eigenvalue weighted by molar-refractivity contribution is -0.140. The molecule has 7 heteroatoms. The van der Waals surface area contributed by atoms with Gasteiger partial charge in [-0.25, -0.2) is 9.18 Å². The second-order valence-electron chi connectivity index (χ2n) is 8.42. The number of hydrogen-bond acceptors (Lipinski definition) is 3. The van der Waals surface area contributed by atoms with Gasteiger partial charge in [-0.2, -0.15) is 0 Å². The Morgan fingerprint density at radius 1 is 1.14 bits per heavy atom. The highest BCUT2D eigenvalue weighted by Gasteiger charge is 2.58. The number of rotatable bonds is 5. The lowest BCUT2D eigenvalue weighted by Gasteiger charge is -2.19. The molecule has 6 nitrogen and oxygen atoms in total. The average Bonchev–Trinajstić information content (AvgIpc) is 3.35. The monoisotopic (exact) mass is 399 g/mol. The van der Waals surface area contributed by atoms with Crippen LogP contribution in [0.2, 0.25) is 0 Å². The van der Waals surface area contributed by atoms with Crippen LogP contribution in [-0.2, 0) is 9.59 Å². The van der Waals surface area contributed by atoms with Gasteiger partial charge in [0.25, 0.3) is 0 Å². The first-order valence-electron chi connectivity index (χ1n) is 10.1. The molecule has 2 N–H and O–H groups in total. The molecule has 1 aromatic carbocycles. The lowest BCUT2D eigenvalue weighted by atomic mass is 9.85. The molecule has 2 aliphatic carbocycles. The molecule has 4 amide bonds. The molecule has 29 heavy (non-hydrogen) atoms. The van der Waals surface area contributed by atoms with Crippen LogP contribution in [0.1, 0.15) is 36.1 Å². The maximum Gasteiger partial charge on any atom is 0.315 e. The van der Waals surface area contributed by atoms with Gasteiger partial charge in [-0.3, -0.25) is 14.5 Å². The van der Waals surface area contributed by atoms with Crippen molar-refractivity contribution in [2.45, 2.75) is 33.2 Å². The molecule has 0 spiro atoms. The predicted molar refractivity (Wildman–Crippen MR) is 105 cm³/mol. The average molecular weight is 399 g/mol. The Morgan fingerprint density at radius 3 is 2.24 bits per heavy atom. The number of imide groups is 1. The maximum absolute atomic E-state index is 13.8. The number of carbonyl (C=O) groups excluding carboxylic acids is 3. The SMILES string of the molecule is Cc1cc(C(C)NC(=O)NCCN2C(=O)C3C4C=CC(C4)C3C2=O)cc(C)c1F. The first kappa shape index (κ1) is 19.6. The highest BCUT2D eigenvalue weighted by molar-refractivity contribution is 6.06. The second-order valence-corrected chi connectivity index (χ2v) is 8.42. The molecular weight excluding hydrogens is 373 g/mol. The highest BCUT2D eigenvalue weighted by Crippen LogP contribution is 2.52. The molecule has 5 atom stereocenters. The predicted octanol–water partition coefficient (Wildman–Crippen LogP) is 2.61. The van der Waals surface area contributed by atoms with Crippen LogP contribution >= 0.6 is 0 Å². The number of fused-ring (bicyclic) bond motifs is 5. The fraction of sp³-hybridized carbons (Fsp3) is 0.500. The van der Waals surface area contributed by atoms with Crippen LogP contribution < -0.4 is 10.6 Å². The topological polar surface area (TPSA) is 78.5 Å². The number of nitrogens with zero attached hydrogens (tertiary/aromatic N) is 1. The third kappa shape index (κ3) is 3.32. The minimum Gasteiger partial charge on any atom is -0.336 e. The number of carbonyl (C=O) groups is 3. The lowest BCUT2D eigenvalue weighted by Crippen LogP contribution is -2.43. The summed E-state index contributed by atoms with van der Waals surface area (Å²) >= 11 is 0. The van der Waals surface area contributed by atoms with Crippen molar-refractivity contribution in [1.82, 2.24) is 15.5 Å². The van der Waals surface area contributed by atoms with Gasteiger partial charge >= 0.3 is 6.03 Å². The maximum atomic E-state index is 13.8. The number of nitrogens with one attached hydrogen (secondary N) is 2. The Bertz CT molecular complexity index is 860. The Labute approximate surface area is 169 Å². The Kier molecular flexibility index (Phi) is 4.92. The van der Waals surface area contributed by atoms with E-state index in [1.54, 1.807) is 26.0 Å². The third-order valence-corrected chi connectivity index (χ3v) is 6.49. The fourth-order valence-electron chi connectivity index (χ4n) is 5.03. The summed E-state index contributed by atoms with van der Waals surface area (Å²) in [6, 6.07) is 2.74. The number of urea groups is 1. The standard InChI is InChI=1S/C22H26FN3O3/c1-11-8-16(9-12(2)19(11)23)13(3)25-22(29)24-6-7-26-20(27)17-14-4-5-15(10-14)18(17)21(26)28/h4-5,8-9,13-15,17-18H,6-7,10H2,1-3H3,(H2,24,25,29). The number of amides is 4. The molecule has 1 saturated carbocycles. The normalized spacial score (nSPS) is 28.1. The molecule has 0 aromatic heterocycles. The molecule has 3 aliphatic rings. The minimum atomic E-state index is -0.391. The Morgan fingerprint density at radius 2 is 1.69 bits per heavy atom. The van der Waals surface area contributed by atoms with Crippen LogP contribution in [0.3, 0.4) is 0 Å². The van der Waals surface area contributed by atoms with Gasteiger partial charge in [-0.15, -0.1) is 0 Å².